The molecular formula is C20H21N5O4. The molecule has 0 spiro atoms. The number of nitro benzene ring substituents is 1. The van der Waals surface area contributed by atoms with E-state index in [9.17, 15) is 14.9 Å². The fraction of sp³-hybridized carbons (Fsp3) is 0.300. The molecule has 0 unspecified atom stereocenters. The minimum atomic E-state index is -0.413. The number of aryl methyl sites for hydroxylation is 1. The summed E-state index contributed by atoms with van der Waals surface area (Å²) < 4.78 is 7.09. The molecule has 150 valence electrons. The van der Waals surface area contributed by atoms with Gasteiger partial charge in [0.1, 0.15) is 17.1 Å². The van der Waals surface area contributed by atoms with Crippen molar-refractivity contribution in [1.29, 1.82) is 0 Å². The van der Waals surface area contributed by atoms with Gasteiger partial charge in [0, 0.05) is 30.8 Å². The van der Waals surface area contributed by atoms with Crippen LogP contribution >= 0.6 is 0 Å². The van der Waals surface area contributed by atoms with Gasteiger partial charge in [-0.15, -0.1) is 0 Å². The predicted molar refractivity (Wildman–Crippen MR) is 110 cm³/mol. The molecule has 3 aromatic rings. The van der Waals surface area contributed by atoms with Gasteiger partial charge in [-0.05, 0) is 51.3 Å². The van der Waals surface area contributed by atoms with E-state index in [1.165, 1.54) is 13.0 Å². The van der Waals surface area contributed by atoms with Gasteiger partial charge in [-0.25, -0.2) is 0 Å². The van der Waals surface area contributed by atoms with Crippen LogP contribution in [0.15, 0.2) is 30.3 Å². The third kappa shape index (κ3) is 3.40. The second kappa shape index (κ2) is 7.17. The summed E-state index contributed by atoms with van der Waals surface area (Å²) in [6, 6.07) is 8.38. The van der Waals surface area contributed by atoms with Gasteiger partial charge in [-0.1, -0.05) is 0 Å². The maximum absolute atomic E-state index is 11.6. The molecule has 0 saturated heterocycles. The number of anilines is 2. The van der Waals surface area contributed by atoms with Crippen molar-refractivity contribution in [2.45, 2.75) is 19.9 Å². The van der Waals surface area contributed by atoms with Crippen LogP contribution in [0.2, 0.25) is 0 Å². The molecule has 1 aliphatic rings. The van der Waals surface area contributed by atoms with Gasteiger partial charge >= 0.3 is 5.97 Å². The Labute approximate surface area is 167 Å². The number of ether oxygens (including phenoxy) is 1. The molecule has 0 aliphatic carbocycles. The second-order valence-electron chi connectivity index (χ2n) is 7.27. The van der Waals surface area contributed by atoms with Crippen LogP contribution in [-0.4, -0.2) is 46.2 Å². The van der Waals surface area contributed by atoms with E-state index in [1.807, 2.05) is 18.8 Å². The number of rotatable bonds is 6. The Bertz CT molecular complexity index is 1140. The number of carbonyl (C=O) groups is 1. The van der Waals surface area contributed by atoms with Crippen LogP contribution in [0.5, 0.6) is 5.75 Å². The first-order valence-corrected chi connectivity index (χ1v) is 9.27. The molecule has 0 fully saturated rings. The summed E-state index contributed by atoms with van der Waals surface area (Å²) in [5.41, 5.74) is 3.34. The quantitative estimate of drug-likeness (QED) is 0.230. The number of hydrogen-bond donors (Lipinski definition) is 1. The lowest BCUT2D eigenvalue weighted by atomic mass is 9.99. The zero-order chi connectivity index (χ0) is 20.7. The maximum atomic E-state index is 11.6. The van der Waals surface area contributed by atoms with Crippen LogP contribution in [-0.2, 0) is 11.3 Å². The van der Waals surface area contributed by atoms with Crippen molar-refractivity contribution in [2.75, 3.05) is 26.0 Å². The summed E-state index contributed by atoms with van der Waals surface area (Å²) in [5, 5.41) is 20.2. The predicted octanol–water partition coefficient (Wildman–Crippen LogP) is 3.55. The molecule has 1 aromatic heterocycles. The van der Waals surface area contributed by atoms with Crippen molar-refractivity contribution in [3.05, 3.63) is 40.4 Å². The minimum absolute atomic E-state index is 0.00121. The van der Waals surface area contributed by atoms with Crippen molar-refractivity contribution >= 4 is 33.9 Å². The lowest BCUT2D eigenvalue weighted by molar-refractivity contribution is -0.383. The molecule has 9 nitrogen and oxygen atoms in total. The van der Waals surface area contributed by atoms with Gasteiger partial charge in [-0.2, -0.15) is 5.10 Å². The number of hydrogen-bond acceptors (Lipinski definition) is 7. The van der Waals surface area contributed by atoms with Crippen LogP contribution in [0.3, 0.4) is 0 Å². The topological polar surface area (TPSA) is 103 Å². The van der Waals surface area contributed by atoms with Crippen molar-refractivity contribution in [1.82, 2.24) is 14.7 Å². The highest BCUT2D eigenvalue weighted by molar-refractivity contribution is 6.12. The number of benzene rings is 2. The Balaban J connectivity index is 1.88. The minimum Gasteiger partial charge on any atom is -0.427 e. The first kappa shape index (κ1) is 18.9. The number of nitrogens with zero attached hydrogens (tertiary/aromatic N) is 4. The SMILES string of the molecule is CC(=O)Oc1ccc2c(c1)-c1nn(CCCN(C)C)c3ccc([N+](=O)[O-])c(c13)N2. The molecule has 1 N–H and O–H groups in total. The normalized spacial score (nSPS) is 12.0. The molecule has 2 aromatic carbocycles. The Hall–Kier alpha value is -3.46. The molecule has 1 aliphatic heterocycles. The van der Waals surface area contributed by atoms with E-state index in [4.69, 9.17) is 9.84 Å². The Kier molecular flexibility index (Phi) is 4.67. The summed E-state index contributed by atoms with van der Waals surface area (Å²) in [6.45, 7) is 2.93. The summed E-state index contributed by atoms with van der Waals surface area (Å²) in [4.78, 5) is 24.6. The molecule has 0 amide bonds. The van der Waals surface area contributed by atoms with Gasteiger partial charge in [0.15, 0.2) is 0 Å². The largest absolute Gasteiger partial charge is 0.427 e. The third-order valence-electron chi connectivity index (χ3n) is 4.84. The zero-order valence-electron chi connectivity index (χ0n) is 16.4. The molecule has 0 bridgehead atoms. The molecule has 0 saturated carbocycles. The van der Waals surface area contributed by atoms with E-state index in [0.717, 1.165) is 24.0 Å². The summed E-state index contributed by atoms with van der Waals surface area (Å²) >= 11 is 0. The van der Waals surface area contributed by atoms with E-state index < -0.39 is 10.9 Å². The van der Waals surface area contributed by atoms with Gasteiger partial charge in [0.05, 0.1) is 15.8 Å². The molecule has 9 heteroatoms. The van der Waals surface area contributed by atoms with E-state index in [0.29, 0.717) is 34.7 Å². The molecule has 0 radical (unpaired) electrons. The lowest BCUT2D eigenvalue weighted by Crippen LogP contribution is -2.15. The third-order valence-corrected chi connectivity index (χ3v) is 4.84. The summed E-state index contributed by atoms with van der Waals surface area (Å²) in [6.07, 6.45) is 0.892. The van der Waals surface area contributed by atoms with Crippen molar-refractivity contribution in [2.24, 2.45) is 0 Å². The zero-order valence-corrected chi connectivity index (χ0v) is 16.4. The van der Waals surface area contributed by atoms with Crippen molar-refractivity contribution in [3.63, 3.8) is 0 Å². The Morgan fingerprint density at radius 1 is 1.31 bits per heavy atom. The van der Waals surface area contributed by atoms with Crippen LogP contribution in [0, 0.1) is 10.1 Å². The highest BCUT2D eigenvalue weighted by atomic mass is 16.6. The van der Waals surface area contributed by atoms with E-state index in [-0.39, 0.29) is 5.69 Å². The van der Waals surface area contributed by atoms with Gasteiger partial charge in [0.25, 0.3) is 5.69 Å². The number of carbonyl (C=O) groups excluding carboxylic acids is 1. The Morgan fingerprint density at radius 3 is 2.79 bits per heavy atom. The van der Waals surface area contributed by atoms with Crippen LogP contribution in [0.25, 0.3) is 22.2 Å². The van der Waals surface area contributed by atoms with Crippen molar-refractivity contribution < 1.29 is 14.5 Å². The standard InChI is InChI=1S/C20H21N5O4/c1-12(26)29-13-5-6-15-14(11-13)19-18-16(24(22-19)10-4-9-23(2)3)7-8-17(25(27)28)20(18)21-15/h5-8,11,21H,4,9-10H2,1-3H3. The van der Waals surface area contributed by atoms with Gasteiger partial charge < -0.3 is 15.0 Å². The first-order chi connectivity index (χ1) is 13.8. The summed E-state index contributed by atoms with van der Waals surface area (Å²) in [5.74, 6) is -0.00800. The van der Waals surface area contributed by atoms with E-state index >= 15 is 0 Å². The molecule has 0 atom stereocenters. The number of fused-ring (bicyclic) bond motifs is 2. The lowest BCUT2D eigenvalue weighted by Gasteiger charge is -2.18. The first-order valence-electron chi connectivity index (χ1n) is 9.27. The van der Waals surface area contributed by atoms with Crippen LogP contribution in [0.4, 0.5) is 17.1 Å². The molecule has 4 rings (SSSR count). The van der Waals surface area contributed by atoms with Gasteiger partial charge in [0.2, 0.25) is 0 Å². The summed E-state index contributed by atoms with van der Waals surface area (Å²) in [7, 11) is 4.03. The highest BCUT2D eigenvalue weighted by Crippen LogP contribution is 2.47. The Morgan fingerprint density at radius 2 is 2.10 bits per heavy atom. The average Bonchev–Trinajstić information content (AvgIpc) is 3.01. The number of nitro groups is 1. The highest BCUT2D eigenvalue weighted by Gasteiger charge is 2.29. The monoisotopic (exact) mass is 395 g/mol. The fourth-order valence-corrected chi connectivity index (χ4v) is 3.63. The van der Waals surface area contributed by atoms with Crippen molar-refractivity contribution in [3.8, 4) is 17.0 Å². The van der Waals surface area contributed by atoms with Crippen LogP contribution in [0.1, 0.15) is 13.3 Å². The van der Waals surface area contributed by atoms with E-state index in [2.05, 4.69) is 10.2 Å². The number of nitrogens with one attached hydrogen (secondary N) is 1. The second-order valence-corrected chi connectivity index (χ2v) is 7.27. The van der Waals surface area contributed by atoms with Gasteiger partial charge in [-0.3, -0.25) is 19.6 Å². The maximum Gasteiger partial charge on any atom is 0.308 e. The fourth-order valence-electron chi connectivity index (χ4n) is 3.63. The number of aromatic nitrogens is 2. The number of esters is 1. The van der Waals surface area contributed by atoms with E-state index in [1.54, 1.807) is 24.3 Å². The molecular weight excluding hydrogens is 374 g/mol. The molecule has 29 heavy (non-hydrogen) atoms. The van der Waals surface area contributed by atoms with Crippen LogP contribution < -0.4 is 10.1 Å². The average molecular weight is 395 g/mol. The smallest absolute Gasteiger partial charge is 0.308 e. The molecule has 2 heterocycles.